The van der Waals surface area contributed by atoms with Crippen molar-refractivity contribution in [3.05, 3.63) is 35.9 Å². The van der Waals surface area contributed by atoms with Gasteiger partial charge in [0.05, 0.1) is 5.60 Å². The highest BCUT2D eigenvalue weighted by atomic mass is 16.7. The largest absolute Gasteiger partial charge is 0.298 e. The summed E-state index contributed by atoms with van der Waals surface area (Å²) in [5, 5.41) is 2.18. The summed E-state index contributed by atoms with van der Waals surface area (Å²) in [6.45, 7) is 8.19. The van der Waals surface area contributed by atoms with E-state index >= 15 is 0 Å². The second kappa shape index (κ2) is 4.55. The van der Waals surface area contributed by atoms with E-state index in [2.05, 4.69) is 61.2 Å². The Morgan fingerprint density at radius 3 is 2.57 bits per heavy atom. The third-order valence-corrected chi connectivity index (χ3v) is 5.65. The SMILES string of the molecule is CN1OC2(CC2)[C@@H]2CN(Cc3ccccc3)CC(C)(C)[C@@H]21. The molecule has 1 aromatic carbocycles. The number of piperidine rings is 1. The van der Waals surface area contributed by atoms with Crippen molar-refractivity contribution in [3.8, 4) is 0 Å². The summed E-state index contributed by atoms with van der Waals surface area (Å²) < 4.78 is 0. The van der Waals surface area contributed by atoms with Gasteiger partial charge in [-0.1, -0.05) is 44.2 Å². The Bertz CT molecular complexity index is 523. The molecule has 0 amide bonds. The molecule has 0 unspecified atom stereocenters. The normalized spacial score (nSPS) is 34.0. The van der Waals surface area contributed by atoms with Crippen LogP contribution >= 0.6 is 0 Å². The molecule has 2 aliphatic heterocycles. The highest BCUT2D eigenvalue weighted by Crippen LogP contribution is 2.58. The smallest absolute Gasteiger partial charge is 0.0958 e. The van der Waals surface area contributed by atoms with E-state index in [1.54, 1.807) is 0 Å². The molecule has 2 atom stereocenters. The van der Waals surface area contributed by atoms with Gasteiger partial charge in [-0.15, -0.1) is 0 Å². The van der Waals surface area contributed by atoms with Crippen molar-refractivity contribution in [2.45, 2.75) is 44.9 Å². The lowest BCUT2D eigenvalue weighted by Gasteiger charge is -2.47. The Kier molecular flexibility index (Phi) is 2.97. The van der Waals surface area contributed by atoms with Gasteiger partial charge in [0.15, 0.2) is 0 Å². The molecule has 21 heavy (non-hydrogen) atoms. The van der Waals surface area contributed by atoms with E-state index in [-0.39, 0.29) is 11.0 Å². The molecule has 114 valence electrons. The Morgan fingerprint density at radius 2 is 1.90 bits per heavy atom. The maximum atomic E-state index is 6.25. The Hall–Kier alpha value is -0.900. The van der Waals surface area contributed by atoms with Crippen molar-refractivity contribution in [2.24, 2.45) is 11.3 Å². The van der Waals surface area contributed by atoms with Crippen molar-refractivity contribution in [1.82, 2.24) is 9.96 Å². The summed E-state index contributed by atoms with van der Waals surface area (Å²) in [6.07, 6.45) is 2.49. The second-order valence-corrected chi connectivity index (χ2v) is 7.90. The van der Waals surface area contributed by atoms with Crippen molar-refractivity contribution in [1.29, 1.82) is 0 Å². The summed E-state index contributed by atoms with van der Waals surface area (Å²) >= 11 is 0. The molecule has 2 saturated heterocycles. The quantitative estimate of drug-likeness (QED) is 0.831. The predicted octanol–water partition coefficient (Wildman–Crippen LogP) is 2.92. The fourth-order valence-corrected chi connectivity index (χ4v) is 4.82. The number of rotatable bonds is 2. The standard InChI is InChI=1S/C18H26N2O/c1-17(2)13-20(11-14-7-5-4-6-8-14)12-15-16(17)19(3)21-18(15)9-10-18/h4-8,15-16H,9-13H2,1-3H3/t15-,16-/m1/s1. The fourth-order valence-electron chi connectivity index (χ4n) is 4.82. The third kappa shape index (κ3) is 2.23. The van der Waals surface area contributed by atoms with Crippen LogP contribution in [0.1, 0.15) is 32.3 Å². The zero-order valence-electron chi connectivity index (χ0n) is 13.4. The second-order valence-electron chi connectivity index (χ2n) is 7.90. The molecule has 3 nitrogen and oxygen atoms in total. The predicted molar refractivity (Wildman–Crippen MR) is 83.6 cm³/mol. The summed E-state index contributed by atoms with van der Waals surface area (Å²) in [5.74, 6) is 0.662. The Balaban J connectivity index is 1.57. The number of likely N-dealkylation sites (tertiary alicyclic amines) is 1. The van der Waals surface area contributed by atoms with Crippen molar-refractivity contribution in [3.63, 3.8) is 0 Å². The average molecular weight is 286 g/mol. The van der Waals surface area contributed by atoms with Gasteiger partial charge in [0.2, 0.25) is 0 Å². The zero-order chi connectivity index (χ0) is 14.7. The number of hydrogen-bond donors (Lipinski definition) is 0. The van der Waals surface area contributed by atoms with Gasteiger partial charge in [-0.3, -0.25) is 9.74 Å². The highest BCUT2D eigenvalue weighted by Gasteiger charge is 2.65. The Labute approximate surface area is 127 Å². The van der Waals surface area contributed by atoms with Crippen LogP contribution in [-0.2, 0) is 11.4 Å². The van der Waals surface area contributed by atoms with E-state index < -0.39 is 0 Å². The maximum Gasteiger partial charge on any atom is 0.0958 e. The van der Waals surface area contributed by atoms with Gasteiger partial charge >= 0.3 is 0 Å². The topological polar surface area (TPSA) is 15.7 Å². The fraction of sp³-hybridized carbons (Fsp3) is 0.667. The van der Waals surface area contributed by atoms with Crippen molar-refractivity contribution in [2.75, 3.05) is 20.1 Å². The summed E-state index contributed by atoms with van der Waals surface area (Å²) in [5.41, 5.74) is 1.87. The molecular weight excluding hydrogens is 260 g/mol. The van der Waals surface area contributed by atoms with E-state index in [4.69, 9.17) is 4.84 Å². The molecule has 1 saturated carbocycles. The summed E-state index contributed by atoms with van der Waals surface area (Å²) in [6, 6.07) is 11.4. The highest BCUT2D eigenvalue weighted by molar-refractivity contribution is 5.17. The zero-order valence-corrected chi connectivity index (χ0v) is 13.4. The average Bonchev–Trinajstić information content (AvgIpc) is 3.12. The van der Waals surface area contributed by atoms with Gasteiger partial charge < -0.3 is 0 Å². The number of nitrogens with zero attached hydrogens (tertiary/aromatic N) is 2. The molecule has 2 heterocycles. The van der Waals surface area contributed by atoms with Gasteiger partial charge in [-0.25, -0.2) is 0 Å². The van der Waals surface area contributed by atoms with Gasteiger partial charge in [0.1, 0.15) is 0 Å². The van der Waals surface area contributed by atoms with E-state index in [1.165, 1.54) is 24.9 Å². The summed E-state index contributed by atoms with van der Waals surface area (Å²) in [4.78, 5) is 8.89. The lowest BCUT2D eigenvalue weighted by Crippen LogP contribution is -2.57. The molecule has 0 aromatic heterocycles. The molecule has 4 rings (SSSR count). The van der Waals surface area contributed by atoms with Crippen LogP contribution in [-0.4, -0.2) is 41.7 Å². The van der Waals surface area contributed by atoms with E-state index in [1.807, 2.05) is 0 Å². The molecule has 1 aliphatic carbocycles. The molecule has 0 bridgehead atoms. The molecule has 0 N–H and O–H groups in total. The third-order valence-electron chi connectivity index (χ3n) is 5.65. The van der Waals surface area contributed by atoms with Crippen LogP contribution in [0.25, 0.3) is 0 Å². The molecular formula is C18H26N2O. The summed E-state index contributed by atoms with van der Waals surface area (Å²) in [7, 11) is 2.14. The van der Waals surface area contributed by atoms with Gasteiger partial charge in [-0.2, -0.15) is 5.06 Å². The van der Waals surface area contributed by atoms with Gasteiger partial charge in [0, 0.05) is 38.6 Å². The van der Waals surface area contributed by atoms with E-state index in [0.717, 1.165) is 13.1 Å². The van der Waals surface area contributed by atoms with Crippen LogP contribution in [0.5, 0.6) is 0 Å². The van der Waals surface area contributed by atoms with Crippen LogP contribution in [0.15, 0.2) is 30.3 Å². The lowest BCUT2D eigenvalue weighted by atomic mass is 9.71. The minimum absolute atomic E-state index is 0.173. The monoisotopic (exact) mass is 286 g/mol. The first kappa shape index (κ1) is 13.7. The first-order valence-corrected chi connectivity index (χ1v) is 8.18. The van der Waals surface area contributed by atoms with Gasteiger partial charge in [-0.05, 0) is 23.8 Å². The van der Waals surface area contributed by atoms with Crippen LogP contribution in [0.2, 0.25) is 0 Å². The van der Waals surface area contributed by atoms with Crippen molar-refractivity contribution < 1.29 is 4.84 Å². The van der Waals surface area contributed by atoms with E-state index in [0.29, 0.717) is 12.0 Å². The van der Waals surface area contributed by atoms with Crippen LogP contribution < -0.4 is 0 Å². The number of benzene rings is 1. The van der Waals surface area contributed by atoms with Crippen molar-refractivity contribution >= 4 is 0 Å². The first-order valence-electron chi connectivity index (χ1n) is 8.18. The van der Waals surface area contributed by atoms with Crippen LogP contribution in [0.3, 0.4) is 0 Å². The number of hydrogen-bond acceptors (Lipinski definition) is 3. The molecule has 3 fully saturated rings. The van der Waals surface area contributed by atoms with Crippen LogP contribution in [0, 0.1) is 11.3 Å². The van der Waals surface area contributed by atoms with E-state index in [9.17, 15) is 0 Å². The first-order chi connectivity index (χ1) is 10.0. The molecule has 0 radical (unpaired) electrons. The minimum atomic E-state index is 0.173. The molecule has 1 aromatic rings. The lowest BCUT2D eigenvalue weighted by molar-refractivity contribution is -0.168. The Morgan fingerprint density at radius 1 is 1.19 bits per heavy atom. The molecule has 3 aliphatic rings. The number of hydroxylamine groups is 2. The molecule has 1 spiro atoms. The number of fused-ring (bicyclic) bond motifs is 2. The maximum absolute atomic E-state index is 6.25. The molecule has 3 heteroatoms. The van der Waals surface area contributed by atoms with Crippen LogP contribution in [0.4, 0.5) is 0 Å². The minimum Gasteiger partial charge on any atom is -0.298 e. The van der Waals surface area contributed by atoms with Gasteiger partial charge in [0.25, 0.3) is 0 Å².